The van der Waals surface area contributed by atoms with E-state index >= 15 is 0 Å². The third-order valence-electron chi connectivity index (χ3n) is 4.00. The molecule has 8 heteroatoms. The predicted molar refractivity (Wildman–Crippen MR) is 98.4 cm³/mol. The van der Waals surface area contributed by atoms with Gasteiger partial charge in [0, 0.05) is 29.4 Å². The van der Waals surface area contributed by atoms with Crippen molar-refractivity contribution in [3.8, 4) is 0 Å². The Bertz CT molecular complexity index is 903. The minimum atomic E-state index is -0.985. The highest BCUT2D eigenvalue weighted by atomic mass is 35.5. The number of nitrogens with one attached hydrogen (secondary N) is 1. The quantitative estimate of drug-likeness (QED) is 0.794. The Morgan fingerprint density at radius 3 is 2.78 bits per heavy atom. The number of rotatable bonds is 5. The van der Waals surface area contributed by atoms with E-state index in [-0.39, 0.29) is 16.5 Å². The number of halogens is 2. The van der Waals surface area contributed by atoms with Gasteiger partial charge >= 0.3 is 5.97 Å². The van der Waals surface area contributed by atoms with Gasteiger partial charge in [-0.25, -0.2) is 9.18 Å². The van der Waals surface area contributed by atoms with Crippen LogP contribution in [-0.2, 0) is 14.3 Å². The lowest BCUT2D eigenvalue weighted by molar-refractivity contribution is -0.119. The predicted octanol–water partition coefficient (Wildman–Crippen LogP) is 3.40. The zero-order valence-corrected chi connectivity index (χ0v) is 15.0. The van der Waals surface area contributed by atoms with Crippen LogP contribution in [0.1, 0.15) is 23.2 Å². The van der Waals surface area contributed by atoms with Gasteiger partial charge < -0.3 is 15.0 Å². The highest BCUT2D eigenvalue weighted by Crippen LogP contribution is 2.24. The zero-order valence-electron chi connectivity index (χ0n) is 14.2. The molecule has 0 saturated carbocycles. The highest BCUT2D eigenvalue weighted by molar-refractivity contribution is 6.30. The number of amides is 2. The number of ether oxygens (including phenoxy) is 1. The molecule has 0 atom stereocenters. The number of esters is 1. The van der Waals surface area contributed by atoms with Crippen LogP contribution in [0.5, 0.6) is 0 Å². The van der Waals surface area contributed by atoms with Crippen molar-refractivity contribution in [2.45, 2.75) is 12.8 Å². The van der Waals surface area contributed by atoms with Crippen LogP contribution < -0.4 is 10.2 Å². The number of benzene rings is 2. The van der Waals surface area contributed by atoms with Crippen LogP contribution in [-0.4, -0.2) is 30.9 Å². The molecular weight excluding hydrogens is 375 g/mol. The Kier molecular flexibility index (Phi) is 5.71. The van der Waals surface area contributed by atoms with E-state index in [0.717, 1.165) is 18.6 Å². The monoisotopic (exact) mass is 390 g/mol. The number of carbonyl (C=O) groups excluding carboxylic acids is 3. The molecule has 2 amide bonds. The van der Waals surface area contributed by atoms with Gasteiger partial charge in [-0.05, 0) is 42.8 Å². The minimum Gasteiger partial charge on any atom is -0.452 e. The van der Waals surface area contributed by atoms with Crippen molar-refractivity contribution in [2.24, 2.45) is 0 Å². The van der Waals surface area contributed by atoms with Crippen molar-refractivity contribution in [3.63, 3.8) is 0 Å². The van der Waals surface area contributed by atoms with E-state index in [1.807, 2.05) is 0 Å². The molecule has 0 aromatic heterocycles. The minimum absolute atomic E-state index is 0.0379. The normalized spacial score (nSPS) is 13.6. The van der Waals surface area contributed by atoms with Gasteiger partial charge in [0.15, 0.2) is 6.61 Å². The zero-order chi connectivity index (χ0) is 19.4. The maximum atomic E-state index is 13.6. The molecule has 0 spiro atoms. The van der Waals surface area contributed by atoms with Crippen molar-refractivity contribution in [3.05, 3.63) is 58.9 Å². The number of carbonyl (C=O) groups is 3. The summed E-state index contributed by atoms with van der Waals surface area (Å²) in [5.41, 5.74) is 0.806. The largest absolute Gasteiger partial charge is 0.452 e. The van der Waals surface area contributed by atoms with Crippen molar-refractivity contribution in [2.75, 3.05) is 23.4 Å². The summed E-state index contributed by atoms with van der Waals surface area (Å²) < 4.78 is 18.5. The molecule has 1 heterocycles. The molecule has 3 rings (SSSR count). The lowest BCUT2D eigenvalue weighted by Gasteiger charge is -2.16. The van der Waals surface area contributed by atoms with Crippen LogP contribution >= 0.6 is 11.6 Å². The van der Waals surface area contributed by atoms with E-state index in [4.69, 9.17) is 16.3 Å². The SMILES string of the molecule is O=C(COC(=O)c1cc(Cl)ccc1F)Nc1cccc(N2CCCC2=O)c1. The summed E-state index contributed by atoms with van der Waals surface area (Å²) in [4.78, 5) is 37.4. The third-order valence-corrected chi connectivity index (χ3v) is 4.23. The average Bonchev–Trinajstić information content (AvgIpc) is 3.08. The number of hydrogen-bond acceptors (Lipinski definition) is 4. The molecule has 1 saturated heterocycles. The third kappa shape index (κ3) is 4.62. The summed E-state index contributed by atoms with van der Waals surface area (Å²) in [6, 6.07) is 10.3. The van der Waals surface area contributed by atoms with Gasteiger partial charge in [0.1, 0.15) is 5.82 Å². The fourth-order valence-corrected chi connectivity index (χ4v) is 2.90. The molecule has 1 aliphatic rings. The van der Waals surface area contributed by atoms with Crippen LogP contribution in [0, 0.1) is 5.82 Å². The first-order chi connectivity index (χ1) is 12.9. The van der Waals surface area contributed by atoms with E-state index in [0.29, 0.717) is 24.3 Å². The van der Waals surface area contributed by atoms with E-state index < -0.39 is 24.3 Å². The Morgan fingerprint density at radius 1 is 1.22 bits per heavy atom. The molecule has 2 aromatic rings. The molecular formula is C19H16ClFN2O4. The van der Waals surface area contributed by atoms with E-state index in [1.165, 1.54) is 6.07 Å². The van der Waals surface area contributed by atoms with Crippen molar-refractivity contribution < 1.29 is 23.5 Å². The average molecular weight is 391 g/mol. The Balaban J connectivity index is 1.59. The summed E-state index contributed by atoms with van der Waals surface area (Å²) in [6.45, 7) is 0.0523. The first-order valence-corrected chi connectivity index (χ1v) is 8.64. The van der Waals surface area contributed by atoms with Gasteiger partial charge in [-0.1, -0.05) is 17.7 Å². The Labute approximate surface area is 159 Å². The van der Waals surface area contributed by atoms with Crippen LogP contribution in [0.2, 0.25) is 5.02 Å². The highest BCUT2D eigenvalue weighted by Gasteiger charge is 2.22. The second-order valence-corrected chi connectivity index (χ2v) is 6.38. The van der Waals surface area contributed by atoms with Gasteiger partial charge in [0.2, 0.25) is 5.91 Å². The summed E-state index contributed by atoms with van der Waals surface area (Å²) in [7, 11) is 0. The molecule has 6 nitrogen and oxygen atoms in total. The summed E-state index contributed by atoms with van der Waals surface area (Å²) in [5, 5.41) is 2.76. The molecule has 0 unspecified atom stereocenters. The second kappa shape index (κ2) is 8.18. The number of hydrogen-bond donors (Lipinski definition) is 1. The lowest BCUT2D eigenvalue weighted by Crippen LogP contribution is -2.24. The first kappa shape index (κ1) is 18.8. The Morgan fingerprint density at radius 2 is 2.04 bits per heavy atom. The number of anilines is 2. The number of nitrogens with zero attached hydrogens (tertiary/aromatic N) is 1. The van der Waals surface area contributed by atoms with Gasteiger partial charge in [-0.3, -0.25) is 9.59 Å². The molecule has 1 N–H and O–H groups in total. The first-order valence-electron chi connectivity index (χ1n) is 8.26. The van der Waals surface area contributed by atoms with Crippen molar-refractivity contribution >= 4 is 40.8 Å². The Hall–Kier alpha value is -2.93. The van der Waals surface area contributed by atoms with Crippen LogP contribution in [0.25, 0.3) is 0 Å². The molecule has 2 aromatic carbocycles. The summed E-state index contributed by atoms with van der Waals surface area (Å²) in [6.07, 6.45) is 1.30. The standard InChI is InChI=1S/C19H16ClFN2O4/c20-12-6-7-16(21)15(9-12)19(26)27-11-17(24)22-13-3-1-4-14(10-13)23-8-2-5-18(23)25/h1,3-4,6-7,9-10H,2,5,8,11H2,(H,22,24). The van der Waals surface area contributed by atoms with E-state index in [1.54, 1.807) is 29.2 Å². The van der Waals surface area contributed by atoms with Crippen molar-refractivity contribution in [1.29, 1.82) is 0 Å². The van der Waals surface area contributed by atoms with E-state index in [9.17, 15) is 18.8 Å². The molecule has 0 radical (unpaired) electrons. The summed E-state index contributed by atoms with van der Waals surface area (Å²) in [5.74, 6) is -2.32. The van der Waals surface area contributed by atoms with Crippen LogP contribution in [0.15, 0.2) is 42.5 Å². The van der Waals surface area contributed by atoms with Gasteiger partial charge in [-0.2, -0.15) is 0 Å². The van der Waals surface area contributed by atoms with Crippen LogP contribution in [0.4, 0.5) is 15.8 Å². The van der Waals surface area contributed by atoms with Gasteiger partial charge in [0.05, 0.1) is 5.56 Å². The lowest BCUT2D eigenvalue weighted by atomic mass is 10.2. The van der Waals surface area contributed by atoms with E-state index in [2.05, 4.69) is 5.32 Å². The van der Waals surface area contributed by atoms with Gasteiger partial charge in [-0.15, -0.1) is 0 Å². The topological polar surface area (TPSA) is 75.7 Å². The van der Waals surface area contributed by atoms with Crippen molar-refractivity contribution in [1.82, 2.24) is 0 Å². The second-order valence-electron chi connectivity index (χ2n) is 5.95. The smallest absolute Gasteiger partial charge is 0.341 e. The fourth-order valence-electron chi connectivity index (χ4n) is 2.73. The molecule has 0 bridgehead atoms. The summed E-state index contributed by atoms with van der Waals surface area (Å²) >= 11 is 5.73. The molecule has 27 heavy (non-hydrogen) atoms. The molecule has 1 aliphatic heterocycles. The maximum Gasteiger partial charge on any atom is 0.341 e. The molecule has 140 valence electrons. The maximum absolute atomic E-state index is 13.6. The molecule has 1 fully saturated rings. The fraction of sp³-hybridized carbons (Fsp3) is 0.211. The van der Waals surface area contributed by atoms with Crippen LogP contribution in [0.3, 0.4) is 0 Å². The molecule has 0 aliphatic carbocycles. The van der Waals surface area contributed by atoms with Gasteiger partial charge in [0.25, 0.3) is 5.91 Å².